The van der Waals surface area contributed by atoms with Gasteiger partial charge in [0.2, 0.25) is 0 Å². The molecule has 0 radical (unpaired) electrons. The molecule has 6 heteroatoms. The molecular formula is C16H23F2NO2S. The highest BCUT2D eigenvalue weighted by molar-refractivity contribution is 7.91. The molecule has 1 N–H and O–H groups in total. The van der Waals surface area contributed by atoms with E-state index in [9.17, 15) is 17.2 Å². The van der Waals surface area contributed by atoms with Crippen molar-refractivity contribution in [3.8, 4) is 0 Å². The van der Waals surface area contributed by atoms with E-state index in [4.69, 9.17) is 0 Å². The van der Waals surface area contributed by atoms with Crippen LogP contribution >= 0.6 is 0 Å². The van der Waals surface area contributed by atoms with E-state index in [0.717, 1.165) is 25.3 Å². The van der Waals surface area contributed by atoms with Crippen LogP contribution in [0.2, 0.25) is 0 Å². The van der Waals surface area contributed by atoms with Crippen LogP contribution in [0.1, 0.15) is 44.1 Å². The van der Waals surface area contributed by atoms with Crippen LogP contribution in [0.3, 0.4) is 0 Å². The Labute approximate surface area is 131 Å². The van der Waals surface area contributed by atoms with Gasteiger partial charge < -0.3 is 5.32 Å². The zero-order valence-corrected chi connectivity index (χ0v) is 13.8. The first kappa shape index (κ1) is 17.3. The molecular weight excluding hydrogens is 308 g/mol. The zero-order chi connectivity index (χ0) is 16.3. The lowest BCUT2D eigenvalue weighted by Gasteiger charge is -2.32. The number of sulfone groups is 1. The second kappa shape index (κ2) is 7.04. The number of benzene rings is 1. The zero-order valence-electron chi connectivity index (χ0n) is 13.0. The summed E-state index contributed by atoms with van der Waals surface area (Å²) in [5.41, 5.74) is 0.445. The molecule has 0 unspecified atom stereocenters. The fraction of sp³-hybridized carbons (Fsp3) is 0.625. The molecule has 1 aliphatic rings. The summed E-state index contributed by atoms with van der Waals surface area (Å²) in [5, 5.41) is 2.91. The van der Waals surface area contributed by atoms with Gasteiger partial charge in [-0.1, -0.05) is 25.8 Å². The van der Waals surface area contributed by atoms with Crippen LogP contribution in [0.5, 0.6) is 0 Å². The molecule has 0 aromatic heterocycles. The van der Waals surface area contributed by atoms with Gasteiger partial charge in [0.25, 0.3) is 0 Å². The van der Waals surface area contributed by atoms with E-state index in [-0.39, 0.29) is 17.2 Å². The summed E-state index contributed by atoms with van der Waals surface area (Å²) in [6.45, 7) is 2.32. The van der Waals surface area contributed by atoms with Crippen molar-refractivity contribution in [2.75, 3.05) is 12.8 Å². The molecule has 124 valence electrons. The Balaban J connectivity index is 2.01. The van der Waals surface area contributed by atoms with Crippen LogP contribution in [-0.4, -0.2) is 32.5 Å². The van der Waals surface area contributed by atoms with E-state index in [2.05, 4.69) is 5.32 Å². The van der Waals surface area contributed by atoms with Crippen LogP contribution in [0, 0.1) is 11.6 Å². The predicted molar refractivity (Wildman–Crippen MR) is 83.7 cm³/mol. The summed E-state index contributed by atoms with van der Waals surface area (Å²) in [6, 6.07) is 3.49. The maximum Gasteiger partial charge on any atom is 0.151 e. The van der Waals surface area contributed by atoms with Crippen molar-refractivity contribution < 1.29 is 17.2 Å². The van der Waals surface area contributed by atoms with E-state index in [1.165, 1.54) is 18.4 Å². The largest absolute Gasteiger partial charge is 0.312 e. The number of hydrogen-bond acceptors (Lipinski definition) is 3. The molecule has 2 rings (SSSR count). The van der Waals surface area contributed by atoms with Crippen molar-refractivity contribution in [3.63, 3.8) is 0 Å². The monoisotopic (exact) mass is 331 g/mol. The lowest BCUT2D eigenvalue weighted by molar-refractivity contribution is 0.364. The Bertz CT molecular complexity index is 619. The van der Waals surface area contributed by atoms with Gasteiger partial charge in [0.1, 0.15) is 11.6 Å². The quantitative estimate of drug-likeness (QED) is 0.902. The molecule has 1 aliphatic carbocycles. The fourth-order valence-electron chi connectivity index (χ4n) is 3.18. The minimum atomic E-state index is -3.09. The number of rotatable bonds is 5. The average molecular weight is 331 g/mol. The molecule has 0 aliphatic heterocycles. The van der Waals surface area contributed by atoms with Crippen LogP contribution in [-0.2, 0) is 9.84 Å². The van der Waals surface area contributed by atoms with Crippen LogP contribution in [0.4, 0.5) is 8.78 Å². The van der Waals surface area contributed by atoms with Crippen molar-refractivity contribution in [3.05, 3.63) is 35.4 Å². The van der Waals surface area contributed by atoms with Gasteiger partial charge in [0.15, 0.2) is 9.84 Å². The van der Waals surface area contributed by atoms with Crippen molar-refractivity contribution >= 4 is 9.84 Å². The third-order valence-electron chi connectivity index (χ3n) is 4.43. The van der Waals surface area contributed by atoms with Crippen LogP contribution in [0.25, 0.3) is 0 Å². The van der Waals surface area contributed by atoms with E-state index in [1.807, 2.05) is 6.92 Å². The normalized spacial score (nSPS) is 24.2. The highest BCUT2D eigenvalue weighted by Gasteiger charge is 2.32. The Morgan fingerprint density at radius 1 is 1.27 bits per heavy atom. The summed E-state index contributed by atoms with van der Waals surface area (Å²) in [5.74, 6) is -1.30. The van der Waals surface area contributed by atoms with Crippen molar-refractivity contribution in [2.45, 2.75) is 49.8 Å². The van der Waals surface area contributed by atoms with Gasteiger partial charge in [-0.3, -0.25) is 0 Å². The molecule has 0 heterocycles. The maximum absolute atomic E-state index is 13.8. The minimum Gasteiger partial charge on any atom is -0.312 e. The SMILES string of the molecule is C[C@H](CN[C@@H]1CCCC[C@H]1S(C)(=O)=O)c1ccc(F)cc1F. The molecule has 0 saturated heterocycles. The smallest absolute Gasteiger partial charge is 0.151 e. The van der Waals surface area contributed by atoms with E-state index < -0.39 is 21.5 Å². The van der Waals surface area contributed by atoms with Gasteiger partial charge in [0, 0.05) is 24.9 Å². The molecule has 1 fully saturated rings. The Kier molecular flexibility index (Phi) is 5.55. The van der Waals surface area contributed by atoms with Gasteiger partial charge in [-0.2, -0.15) is 0 Å². The lowest BCUT2D eigenvalue weighted by Crippen LogP contribution is -2.47. The first-order valence-electron chi connectivity index (χ1n) is 7.66. The summed E-state index contributed by atoms with van der Waals surface area (Å²) in [6.07, 6.45) is 4.70. The fourth-order valence-corrected chi connectivity index (χ4v) is 4.61. The lowest BCUT2D eigenvalue weighted by atomic mass is 9.93. The van der Waals surface area contributed by atoms with Crippen molar-refractivity contribution in [1.29, 1.82) is 0 Å². The first-order valence-corrected chi connectivity index (χ1v) is 9.61. The maximum atomic E-state index is 13.8. The second-order valence-corrected chi connectivity index (χ2v) is 8.50. The van der Waals surface area contributed by atoms with Crippen molar-refractivity contribution in [2.24, 2.45) is 0 Å². The van der Waals surface area contributed by atoms with E-state index in [1.54, 1.807) is 0 Å². The third kappa shape index (κ3) is 4.26. The highest BCUT2D eigenvalue weighted by Crippen LogP contribution is 2.25. The summed E-state index contributed by atoms with van der Waals surface area (Å²) in [4.78, 5) is 0. The van der Waals surface area contributed by atoms with Gasteiger partial charge >= 0.3 is 0 Å². The van der Waals surface area contributed by atoms with Gasteiger partial charge in [-0.15, -0.1) is 0 Å². The Hall–Kier alpha value is -1.01. The van der Waals surface area contributed by atoms with E-state index >= 15 is 0 Å². The molecule has 1 aromatic rings. The predicted octanol–water partition coefficient (Wildman–Crippen LogP) is 3.01. The third-order valence-corrected chi connectivity index (χ3v) is 6.10. The van der Waals surface area contributed by atoms with Crippen molar-refractivity contribution in [1.82, 2.24) is 5.32 Å². The van der Waals surface area contributed by atoms with Gasteiger partial charge in [0.05, 0.1) is 5.25 Å². The standard InChI is InChI=1S/C16H23F2NO2S/c1-11(13-8-7-12(17)9-14(13)18)10-19-15-5-3-4-6-16(15)22(2,20)21/h7-9,11,15-16,19H,3-6,10H2,1-2H3/t11-,15-,16-/m1/s1. The molecule has 3 atom stereocenters. The first-order chi connectivity index (χ1) is 10.3. The minimum absolute atomic E-state index is 0.0882. The molecule has 0 spiro atoms. The molecule has 1 aromatic carbocycles. The summed E-state index contributed by atoms with van der Waals surface area (Å²) >= 11 is 0. The topological polar surface area (TPSA) is 46.2 Å². The summed E-state index contributed by atoms with van der Waals surface area (Å²) in [7, 11) is -3.09. The number of hydrogen-bond donors (Lipinski definition) is 1. The molecule has 0 amide bonds. The van der Waals surface area contributed by atoms with Crippen LogP contribution < -0.4 is 5.32 Å². The Morgan fingerprint density at radius 3 is 2.59 bits per heavy atom. The Morgan fingerprint density at radius 2 is 1.95 bits per heavy atom. The number of nitrogens with one attached hydrogen (secondary N) is 1. The molecule has 22 heavy (non-hydrogen) atoms. The highest BCUT2D eigenvalue weighted by atomic mass is 32.2. The van der Waals surface area contributed by atoms with Crippen LogP contribution in [0.15, 0.2) is 18.2 Å². The number of halogens is 2. The molecule has 3 nitrogen and oxygen atoms in total. The average Bonchev–Trinajstić information content (AvgIpc) is 2.44. The van der Waals surface area contributed by atoms with Gasteiger partial charge in [-0.05, 0) is 30.4 Å². The molecule has 0 bridgehead atoms. The van der Waals surface area contributed by atoms with E-state index in [0.29, 0.717) is 18.5 Å². The molecule has 1 saturated carbocycles. The summed E-state index contributed by atoms with van der Waals surface area (Å²) < 4.78 is 50.4. The van der Waals surface area contributed by atoms with Gasteiger partial charge in [-0.25, -0.2) is 17.2 Å². The second-order valence-electron chi connectivity index (χ2n) is 6.23.